The van der Waals surface area contributed by atoms with Crippen molar-refractivity contribution in [1.82, 2.24) is 25.0 Å². The number of ether oxygens (including phenoxy) is 1. The van der Waals surface area contributed by atoms with Crippen molar-refractivity contribution < 1.29 is 14.6 Å². The molecule has 3 heterocycles. The van der Waals surface area contributed by atoms with Crippen LogP contribution >= 0.6 is 0 Å². The van der Waals surface area contributed by atoms with Crippen molar-refractivity contribution in [1.29, 1.82) is 0 Å². The molecule has 1 aliphatic heterocycles. The minimum Gasteiger partial charge on any atom is -0.480 e. The highest BCUT2D eigenvalue weighted by Crippen LogP contribution is 2.26. The fourth-order valence-corrected chi connectivity index (χ4v) is 2.12. The average Bonchev–Trinajstić information content (AvgIpc) is 2.89. The maximum Gasteiger partial charge on any atom is 0.329 e. The molecule has 2 N–H and O–H groups in total. The van der Waals surface area contributed by atoms with Gasteiger partial charge in [0.05, 0.1) is 12.4 Å². The van der Waals surface area contributed by atoms with Gasteiger partial charge < -0.3 is 15.2 Å². The molecular weight excluding hydrogens is 252 g/mol. The number of nitrogens with one attached hydrogen (secondary N) is 1. The topological polar surface area (TPSA) is 115 Å². The molecule has 1 aliphatic rings. The molecule has 0 saturated carbocycles. The van der Waals surface area contributed by atoms with E-state index in [2.05, 4.69) is 25.8 Å². The van der Waals surface area contributed by atoms with E-state index in [-0.39, 0.29) is 0 Å². The van der Waals surface area contributed by atoms with Gasteiger partial charge >= 0.3 is 5.97 Å². The Balaban J connectivity index is 1.98. The molecular formula is C10H12N6O3. The minimum absolute atomic E-state index is 0.376. The zero-order chi connectivity index (χ0) is 13.3. The molecule has 1 saturated heterocycles. The van der Waals surface area contributed by atoms with Crippen LogP contribution in [0.25, 0.3) is 5.65 Å². The van der Waals surface area contributed by atoms with Gasteiger partial charge in [-0.05, 0) is 10.4 Å². The van der Waals surface area contributed by atoms with E-state index >= 15 is 0 Å². The first-order valence-electron chi connectivity index (χ1n) is 5.83. The van der Waals surface area contributed by atoms with Crippen molar-refractivity contribution in [3.63, 3.8) is 0 Å². The van der Waals surface area contributed by atoms with Gasteiger partial charge in [-0.15, -0.1) is 5.10 Å². The minimum atomic E-state index is -1.07. The van der Waals surface area contributed by atoms with Gasteiger partial charge in [0.25, 0.3) is 0 Å². The molecule has 2 aromatic rings. The van der Waals surface area contributed by atoms with Gasteiger partial charge in [0, 0.05) is 26.1 Å². The second kappa shape index (κ2) is 4.43. The SMILES string of the molecule is O=C(O)C1(Nc2cncc3nnnn23)CCOCC1. The summed E-state index contributed by atoms with van der Waals surface area (Å²) in [5.41, 5.74) is -0.613. The van der Waals surface area contributed by atoms with Crippen molar-refractivity contribution in [3.8, 4) is 0 Å². The Morgan fingerprint density at radius 3 is 2.95 bits per heavy atom. The van der Waals surface area contributed by atoms with Crippen molar-refractivity contribution in [2.45, 2.75) is 18.4 Å². The van der Waals surface area contributed by atoms with Crippen molar-refractivity contribution in [2.24, 2.45) is 0 Å². The van der Waals surface area contributed by atoms with E-state index in [1.54, 1.807) is 0 Å². The number of fused-ring (bicyclic) bond motifs is 1. The lowest BCUT2D eigenvalue weighted by atomic mass is 9.90. The highest BCUT2D eigenvalue weighted by atomic mass is 16.5. The highest BCUT2D eigenvalue weighted by molar-refractivity contribution is 5.82. The van der Waals surface area contributed by atoms with Crippen LogP contribution in [0.1, 0.15) is 12.8 Å². The number of hydrogen-bond acceptors (Lipinski definition) is 7. The monoisotopic (exact) mass is 264 g/mol. The van der Waals surface area contributed by atoms with Crippen molar-refractivity contribution >= 4 is 17.4 Å². The molecule has 0 radical (unpaired) electrons. The Bertz CT molecular complexity index is 606. The fraction of sp³-hybridized carbons (Fsp3) is 0.500. The van der Waals surface area contributed by atoms with Crippen LogP contribution in [-0.2, 0) is 9.53 Å². The smallest absolute Gasteiger partial charge is 0.329 e. The zero-order valence-electron chi connectivity index (χ0n) is 9.98. The Kier molecular flexibility index (Phi) is 2.75. The Morgan fingerprint density at radius 1 is 1.42 bits per heavy atom. The molecule has 3 rings (SSSR count). The van der Waals surface area contributed by atoms with E-state index in [1.807, 2.05) is 0 Å². The predicted octanol–water partition coefficient (Wildman–Crippen LogP) is -0.435. The van der Waals surface area contributed by atoms with E-state index in [4.69, 9.17) is 4.74 Å². The van der Waals surface area contributed by atoms with Gasteiger partial charge in [0.1, 0.15) is 5.54 Å². The summed E-state index contributed by atoms with van der Waals surface area (Å²) >= 11 is 0. The highest BCUT2D eigenvalue weighted by Gasteiger charge is 2.40. The van der Waals surface area contributed by atoms with E-state index in [0.29, 0.717) is 37.5 Å². The quantitative estimate of drug-likeness (QED) is 0.767. The number of aromatic nitrogens is 5. The van der Waals surface area contributed by atoms with Gasteiger partial charge in [0.2, 0.25) is 0 Å². The summed E-state index contributed by atoms with van der Waals surface area (Å²) in [7, 11) is 0. The molecule has 0 bridgehead atoms. The van der Waals surface area contributed by atoms with Crippen LogP contribution in [-0.4, -0.2) is 54.9 Å². The number of carboxylic acid groups (broad SMARTS) is 1. The van der Waals surface area contributed by atoms with Crippen LogP contribution in [0.5, 0.6) is 0 Å². The van der Waals surface area contributed by atoms with Crippen LogP contribution in [0.2, 0.25) is 0 Å². The van der Waals surface area contributed by atoms with Crippen LogP contribution in [0.4, 0.5) is 5.82 Å². The molecule has 2 aromatic heterocycles. The third-order valence-electron chi connectivity index (χ3n) is 3.23. The first-order chi connectivity index (χ1) is 9.21. The van der Waals surface area contributed by atoms with Crippen LogP contribution < -0.4 is 5.32 Å². The maximum atomic E-state index is 11.6. The third kappa shape index (κ3) is 1.97. The largest absolute Gasteiger partial charge is 0.480 e. The molecule has 100 valence electrons. The molecule has 9 heteroatoms. The molecule has 0 aromatic carbocycles. The van der Waals surface area contributed by atoms with E-state index in [9.17, 15) is 9.90 Å². The van der Waals surface area contributed by atoms with Gasteiger partial charge in [-0.1, -0.05) is 0 Å². The van der Waals surface area contributed by atoms with Gasteiger partial charge in [-0.3, -0.25) is 4.98 Å². The first kappa shape index (κ1) is 11.8. The molecule has 1 fully saturated rings. The number of anilines is 1. The Morgan fingerprint density at radius 2 is 2.21 bits per heavy atom. The molecule has 19 heavy (non-hydrogen) atoms. The normalized spacial score (nSPS) is 18.3. The lowest BCUT2D eigenvalue weighted by Crippen LogP contribution is -2.50. The van der Waals surface area contributed by atoms with E-state index in [0.717, 1.165) is 0 Å². The second-order valence-electron chi connectivity index (χ2n) is 4.37. The van der Waals surface area contributed by atoms with Gasteiger partial charge in [0.15, 0.2) is 11.5 Å². The lowest BCUT2D eigenvalue weighted by Gasteiger charge is -2.34. The van der Waals surface area contributed by atoms with Crippen LogP contribution in [0.15, 0.2) is 12.4 Å². The standard InChI is InChI=1S/C10H12N6O3/c17-9(18)10(1-3-19-4-2-10)12-7-5-11-6-8-13-14-15-16(7)8/h5-6,12H,1-4H2,(H,17,18). The van der Waals surface area contributed by atoms with Crippen molar-refractivity contribution in [2.75, 3.05) is 18.5 Å². The third-order valence-corrected chi connectivity index (χ3v) is 3.23. The van der Waals surface area contributed by atoms with Crippen LogP contribution in [0.3, 0.4) is 0 Å². The van der Waals surface area contributed by atoms with Gasteiger partial charge in [-0.2, -0.15) is 4.52 Å². The summed E-state index contributed by atoms with van der Waals surface area (Å²) in [6, 6.07) is 0. The average molecular weight is 264 g/mol. The van der Waals surface area contributed by atoms with E-state index in [1.165, 1.54) is 16.9 Å². The predicted molar refractivity (Wildman–Crippen MR) is 62.6 cm³/mol. The molecule has 0 spiro atoms. The number of aliphatic carboxylic acids is 1. The van der Waals surface area contributed by atoms with Crippen molar-refractivity contribution in [3.05, 3.63) is 12.4 Å². The molecule has 0 aliphatic carbocycles. The van der Waals surface area contributed by atoms with E-state index < -0.39 is 11.5 Å². The summed E-state index contributed by atoms with van der Waals surface area (Å²) in [4.78, 5) is 15.5. The second-order valence-corrected chi connectivity index (χ2v) is 4.37. The summed E-state index contributed by atoms with van der Waals surface area (Å²) < 4.78 is 6.64. The first-order valence-corrected chi connectivity index (χ1v) is 5.83. The molecule has 0 atom stereocenters. The number of carboxylic acids is 1. The fourth-order valence-electron chi connectivity index (χ4n) is 2.12. The van der Waals surface area contributed by atoms with Crippen LogP contribution in [0, 0.1) is 0 Å². The number of nitrogens with zero attached hydrogens (tertiary/aromatic N) is 5. The lowest BCUT2D eigenvalue weighted by molar-refractivity contribution is -0.145. The Labute approximate surface area is 107 Å². The summed E-state index contributed by atoms with van der Waals surface area (Å²) in [5.74, 6) is -0.465. The molecule has 0 unspecified atom stereocenters. The Hall–Kier alpha value is -2.29. The molecule has 9 nitrogen and oxygen atoms in total. The summed E-state index contributed by atoms with van der Waals surface area (Å²) in [6.07, 6.45) is 3.76. The zero-order valence-corrected chi connectivity index (χ0v) is 9.98. The number of rotatable bonds is 3. The summed E-state index contributed by atoms with van der Waals surface area (Å²) in [6.45, 7) is 0.802. The van der Waals surface area contributed by atoms with Gasteiger partial charge in [-0.25, -0.2) is 4.79 Å². The number of hydrogen-bond donors (Lipinski definition) is 2. The molecule has 0 amide bonds. The number of carbonyl (C=O) groups is 1. The number of tetrazole rings is 1. The maximum absolute atomic E-state index is 11.6. The summed E-state index contributed by atoms with van der Waals surface area (Å²) in [5, 5.41) is 23.6.